The van der Waals surface area contributed by atoms with Gasteiger partial charge in [-0.05, 0) is 67.7 Å². The summed E-state index contributed by atoms with van der Waals surface area (Å²) in [5.41, 5.74) is 12.9. The molecule has 0 spiro atoms. The summed E-state index contributed by atoms with van der Waals surface area (Å²) in [5, 5.41) is 12.5. The smallest absolute Gasteiger partial charge is 0.243 e. The topological polar surface area (TPSA) is 163 Å². The molecule has 2 fully saturated rings. The predicted octanol–water partition coefficient (Wildman–Crippen LogP) is 3.04. The lowest BCUT2D eigenvalue weighted by Crippen LogP contribution is -2.54. The van der Waals surface area contributed by atoms with Gasteiger partial charge in [-0.3, -0.25) is 24.6 Å². The Morgan fingerprint density at radius 3 is 2.42 bits per heavy atom. The Hall–Kier alpha value is -3.79. The van der Waals surface area contributed by atoms with Gasteiger partial charge in [-0.15, -0.1) is 0 Å². The van der Waals surface area contributed by atoms with E-state index in [9.17, 15) is 19.2 Å². The molecule has 0 aromatic heterocycles. The first-order valence-corrected chi connectivity index (χ1v) is 15.7. The maximum absolute atomic E-state index is 13.5. The van der Waals surface area contributed by atoms with Gasteiger partial charge in [0.25, 0.3) is 0 Å². The van der Waals surface area contributed by atoms with Crippen LogP contribution in [0.1, 0.15) is 76.2 Å². The van der Waals surface area contributed by atoms with E-state index >= 15 is 0 Å². The number of Topliss-reactive ketones (excluding diaryl/α,β-unsaturated/α-hetero) is 1. The van der Waals surface area contributed by atoms with E-state index in [0.717, 1.165) is 48.7 Å². The molecule has 2 saturated heterocycles. The molecule has 0 aliphatic carbocycles. The van der Waals surface area contributed by atoms with E-state index in [1.807, 2.05) is 47.4 Å². The quantitative estimate of drug-likeness (QED) is 0.150. The maximum Gasteiger partial charge on any atom is 0.243 e. The Balaban J connectivity index is 1.38. The molecule has 232 valence electrons. The SMILES string of the molecule is N=C(N)CCCCC(NC(=O)[C@@H]1CCCN1C(=O)C(N)Cc1cccc2ccccc12)C(=O)CCC(=O)N1CCCCC1. The van der Waals surface area contributed by atoms with Crippen LogP contribution < -0.4 is 16.8 Å². The normalized spacial score (nSPS) is 18.3. The van der Waals surface area contributed by atoms with E-state index in [1.54, 1.807) is 4.90 Å². The van der Waals surface area contributed by atoms with Crippen LogP contribution in [-0.2, 0) is 25.6 Å². The van der Waals surface area contributed by atoms with Crippen LogP contribution in [0.15, 0.2) is 42.5 Å². The van der Waals surface area contributed by atoms with Crippen molar-refractivity contribution in [3.8, 4) is 0 Å². The van der Waals surface area contributed by atoms with Gasteiger partial charge < -0.3 is 26.6 Å². The molecule has 2 aliphatic rings. The van der Waals surface area contributed by atoms with Gasteiger partial charge in [-0.25, -0.2) is 0 Å². The number of rotatable bonds is 14. The summed E-state index contributed by atoms with van der Waals surface area (Å²) >= 11 is 0. The molecule has 6 N–H and O–H groups in total. The Kier molecular flexibility index (Phi) is 11.7. The fourth-order valence-corrected chi connectivity index (χ4v) is 6.26. The second kappa shape index (κ2) is 15.6. The second-order valence-corrected chi connectivity index (χ2v) is 11.9. The third-order valence-electron chi connectivity index (χ3n) is 8.66. The summed E-state index contributed by atoms with van der Waals surface area (Å²) in [4.78, 5) is 56.4. The highest BCUT2D eigenvalue weighted by Gasteiger charge is 2.37. The zero-order chi connectivity index (χ0) is 30.8. The number of ketones is 1. The fourth-order valence-electron chi connectivity index (χ4n) is 6.26. The first kappa shape index (κ1) is 32.1. The lowest BCUT2D eigenvalue weighted by atomic mass is 9.98. The Morgan fingerprint density at radius 2 is 1.65 bits per heavy atom. The van der Waals surface area contributed by atoms with Crippen molar-refractivity contribution in [2.45, 2.75) is 95.2 Å². The van der Waals surface area contributed by atoms with Crippen LogP contribution in [0.25, 0.3) is 10.8 Å². The third kappa shape index (κ3) is 8.86. The average Bonchev–Trinajstić information content (AvgIpc) is 3.51. The number of carbonyl (C=O) groups excluding carboxylic acids is 4. The summed E-state index contributed by atoms with van der Waals surface area (Å²) in [5.74, 6) is -0.774. The lowest BCUT2D eigenvalue weighted by Gasteiger charge is -2.29. The minimum absolute atomic E-state index is 0.0255. The van der Waals surface area contributed by atoms with Gasteiger partial charge in [0, 0.05) is 38.9 Å². The number of hydrogen-bond donors (Lipinski definition) is 4. The number of nitrogens with two attached hydrogens (primary N) is 2. The number of piperidine rings is 1. The van der Waals surface area contributed by atoms with Crippen molar-refractivity contribution in [2.24, 2.45) is 11.5 Å². The van der Waals surface area contributed by atoms with Crippen LogP contribution in [-0.4, -0.2) is 76.9 Å². The highest BCUT2D eigenvalue weighted by atomic mass is 16.2. The number of nitrogens with zero attached hydrogens (tertiary/aromatic N) is 2. The molecule has 2 aromatic rings. The fraction of sp³-hybridized carbons (Fsp3) is 0.545. The van der Waals surface area contributed by atoms with Crippen molar-refractivity contribution in [3.05, 3.63) is 48.0 Å². The largest absolute Gasteiger partial charge is 0.388 e. The van der Waals surface area contributed by atoms with Crippen molar-refractivity contribution in [1.82, 2.24) is 15.1 Å². The van der Waals surface area contributed by atoms with Crippen LogP contribution in [0, 0.1) is 5.41 Å². The molecule has 4 rings (SSSR count). The second-order valence-electron chi connectivity index (χ2n) is 11.9. The summed E-state index contributed by atoms with van der Waals surface area (Å²) in [7, 11) is 0. The molecule has 2 heterocycles. The maximum atomic E-state index is 13.5. The van der Waals surface area contributed by atoms with E-state index in [0.29, 0.717) is 51.5 Å². The number of benzene rings is 2. The molecule has 0 saturated carbocycles. The molecule has 0 radical (unpaired) electrons. The number of fused-ring (bicyclic) bond motifs is 1. The third-order valence-corrected chi connectivity index (χ3v) is 8.66. The molecule has 0 bridgehead atoms. The van der Waals surface area contributed by atoms with Gasteiger partial charge in [0.15, 0.2) is 5.78 Å². The molecule has 3 amide bonds. The van der Waals surface area contributed by atoms with Crippen molar-refractivity contribution in [3.63, 3.8) is 0 Å². The molecule has 10 nitrogen and oxygen atoms in total. The summed E-state index contributed by atoms with van der Waals surface area (Å²) in [6.45, 7) is 1.89. The van der Waals surface area contributed by atoms with Crippen molar-refractivity contribution in [1.29, 1.82) is 5.41 Å². The van der Waals surface area contributed by atoms with Gasteiger partial charge in [-0.1, -0.05) is 48.9 Å². The molecule has 3 atom stereocenters. The molecule has 2 aliphatic heterocycles. The van der Waals surface area contributed by atoms with Crippen molar-refractivity contribution < 1.29 is 19.2 Å². The van der Waals surface area contributed by atoms with Gasteiger partial charge >= 0.3 is 0 Å². The van der Waals surface area contributed by atoms with Gasteiger partial charge in [-0.2, -0.15) is 0 Å². The number of hydrogen-bond acceptors (Lipinski definition) is 6. The van der Waals surface area contributed by atoms with Gasteiger partial charge in [0.1, 0.15) is 6.04 Å². The van der Waals surface area contributed by atoms with E-state index in [-0.39, 0.29) is 42.2 Å². The number of unbranched alkanes of at least 4 members (excludes halogenated alkanes) is 1. The minimum atomic E-state index is -0.802. The molecule has 2 aromatic carbocycles. The first-order valence-electron chi connectivity index (χ1n) is 15.7. The van der Waals surface area contributed by atoms with Crippen LogP contribution in [0.4, 0.5) is 0 Å². The van der Waals surface area contributed by atoms with Crippen molar-refractivity contribution >= 4 is 40.1 Å². The molecular weight excluding hydrogens is 544 g/mol. The summed E-state index contributed by atoms with van der Waals surface area (Å²) < 4.78 is 0. The van der Waals surface area contributed by atoms with Crippen LogP contribution >= 0.6 is 0 Å². The molecule has 2 unspecified atom stereocenters. The minimum Gasteiger partial charge on any atom is -0.388 e. The average molecular weight is 591 g/mol. The Labute approximate surface area is 254 Å². The number of carbonyl (C=O) groups is 4. The Morgan fingerprint density at radius 1 is 0.907 bits per heavy atom. The highest BCUT2D eigenvalue weighted by molar-refractivity contribution is 5.95. The van der Waals surface area contributed by atoms with E-state index < -0.39 is 18.1 Å². The highest BCUT2D eigenvalue weighted by Crippen LogP contribution is 2.23. The van der Waals surface area contributed by atoms with Crippen LogP contribution in [0.2, 0.25) is 0 Å². The Bertz CT molecular complexity index is 1300. The number of amidine groups is 1. The lowest BCUT2D eigenvalue weighted by molar-refractivity contribution is -0.140. The van der Waals surface area contributed by atoms with Gasteiger partial charge in [0.2, 0.25) is 17.7 Å². The van der Waals surface area contributed by atoms with Crippen LogP contribution in [0.5, 0.6) is 0 Å². The van der Waals surface area contributed by atoms with Crippen molar-refractivity contribution in [2.75, 3.05) is 19.6 Å². The van der Waals surface area contributed by atoms with E-state index in [4.69, 9.17) is 16.9 Å². The monoisotopic (exact) mass is 590 g/mol. The zero-order valence-electron chi connectivity index (χ0n) is 25.1. The summed E-state index contributed by atoms with van der Waals surface area (Å²) in [6, 6.07) is 11.6. The predicted molar refractivity (Wildman–Crippen MR) is 167 cm³/mol. The van der Waals surface area contributed by atoms with E-state index in [1.165, 1.54) is 0 Å². The van der Waals surface area contributed by atoms with E-state index in [2.05, 4.69) is 5.32 Å². The standard InChI is InChI=1S/C33H46N6O4/c34-26(22-24-12-8-11-23-10-2-3-13-25(23)24)33(43)39-21-9-15-28(39)32(42)37-27(14-4-5-16-30(35)36)29(40)17-18-31(41)38-19-6-1-7-20-38/h2-3,8,10-13,26-28H,1,4-7,9,14-22,34H2,(H3,35,36)(H,37,42)/t26?,27?,28-/m0/s1. The molecule has 10 heteroatoms. The molecular formula is C33H46N6O4. The zero-order valence-corrected chi connectivity index (χ0v) is 25.1. The molecule has 43 heavy (non-hydrogen) atoms. The van der Waals surface area contributed by atoms with Gasteiger partial charge in [0.05, 0.1) is 17.9 Å². The first-order chi connectivity index (χ1) is 20.7. The summed E-state index contributed by atoms with van der Waals surface area (Å²) in [6.07, 6.45) is 6.80. The number of nitrogens with one attached hydrogen (secondary N) is 2. The number of likely N-dealkylation sites (tertiary alicyclic amines) is 2. The number of amides is 3. The van der Waals surface area contributed by atoms with Crippen LogP contribution in [0.3, 0.4) is 0 Å².